The summed E-state index contributed by atoms with van der Waals surface area (Å²) in [6.45, 7) is 8.72. The van der Waals surface area contributed by atoms with Gasteiger partial charge in [-0.25, -0.2) is 4.98 Å². The van der Waals surface area contributed by atoms with Crippen molar-refractivity contribution in [2.45, 2.75) is 46.0 Å². The minimum absolute atomic E-state index is 0.00837. The van der Waals surface area contributed by atoms with Gasteiger partial charge in [-0.05, 0) is 56.7 Å². The van der Waals surface area contributed by atoms with Gasteiger partial charge < -0.3 is 4.90 Å². The van der Waals surface area contributed by atoms with Gasteiger partial charge in [-0.15, -0.1) is 17.9 Å². The summed E-state index contributed by atoms with van der Waals surface area (Å²) in [7, 11) is 0. The molecular weight excluding hydrogens is 382 g/mol. The lowest BCUT2D eigenvalue weighted by molar-refractivity contribution is -0.124. The maximum Gasteiger partial charge on any atom is 0.234 e. The smallest absolute Gasteiger partial charge is 0.234 e. The monoisotopic (exact) mass is 409 g/mol. The Morgan fingerprint density at radius 2 is 2.14 bits per heavy atom. The fraction of sp³-hybridized carbons (Fsp3) is 0.435. The first-order valence-electron chi connectivity index (χ1n) is 10.3. The molecule has 0 bridgehead atoms. The third kappa shape index (κ3) is 3.73. The van der Waals surface area contributed by atoms with E-state index in [1.54, 1.807) is 27.2 Å². The molecule has 2 amide bonds. The average Bonchev–Trinajstić information content (AvgIpc) is 3.31. The van der Waals surface area contributed by atoms with Gasteiger partial charge in [-0.3, -0.25) is 14.5 Å². The molecule has 2 aromatic rings. The number of fused-ring (bicyclic) bond motifs is 1. The van der Waals surface area contributed by atoms with Crippen molar-refractivity contribution in [3.8, 4) is 0 Å². The SMILES string of the molecule is C=CCN(C(=O)[C@H]1CC(=O)N(c2cccc(C)c2C)C1)c1nc2c(s1)CCCC2. The van der Waals surface area contributed by atoms with Gasteiger partial charge >= 0.3 is 0 Å². The largest absolute Gasteiger partial charge is 0.311 e. The quantitative estimate of drug-likeness (QED) is 0.695. The van der Waals surface area contributed by atoms with Crippen LogP contribution in [0.15, 0.2) is 30.9 Å². The van der Waals surface area contributed by atoms with Crippen molar-refractivity contribution >= 4 is 34.0 Å². The van der Waals surface area contributed by atoms with Crippen LogP contribution in [0, 0.1) is 19.8 Å². The lowest BCUT2D eigenvalue weighted by Gasteiger charge is -2.23. The molecule has 2 heterocycles. The van der Waals surface area contributed by atoms with Gasteiger partial charge in [0.05, 0.1) is 11.6 Å². The molecule has 1 aliphatic heterocycles. The second kappa shape index (κ2) is 8.11. The van der Waals surface area contributed by atoms with Gasteiger partial charge in [0.1, 0.15) is 0 Å². The first kappa shape index (κ1) is 19.8. The van der Waals surface area contributed by atoms with Crippen LogP contribution < -0.4 is 9.80 Å². The van der Waals surface area contributed by atoms with Crippen molar-refractivity contribution < 1.29 is 9.59 Å². The molecule has 2 aliphatic rings. The molecule has 6 heteroatoms. The van der Waals surface area contributed by atoms with E-state index in [0.717, 1.165) is 46.9 Å². The summed E-state index contributed by atoms with van der Waals surface area (Å²) in [5.41, 5.74) is 4.28. The number of benzene rings is 1. The van der Waals surface area contributed by atoms with E-state index in [1.807, 2.05) is 32.0 Å². The predicted molar refractivity (Wildman–Crippen MR) is 118 cm³/mol. The number of amides is 2. The number of thiazole rings is 1. The zero-order chi connectivity index (χ0) is 20.5. The second-order valence-electron chi connectivity index (χ2n) is 7.94. The first-order chi connectivity index (χ1) is 14.0. The molecule has 1 fully saturated rings. The molecule has 4 rings (SSSR count). The Labute approximate surface area is 176 Å². The molecule has 0 radical (unpaired) electrons. The molecule has 1 saturated heterocycles. The highest BCUT2D eigenvalue weighted by molar-refractivity contribution is 7.16. The van der Waals surface area contributed by atoms with E-state index in [4.69, 9.17) is 4.98 Å². The molecule has 1 atom stereocenters. The number of nitrogens with zero attached hydrogens (tertiary/aromatic N) is 3. The number of hydrogen-bond acceptors (Lipinski definition) is 4. The number of anilines is 2. The Balaban J connectivity index is 1.57. The van der Waals surface area contributed by atoms with Crippen molar-refractivity contribution in [1.29, 1.82) is 0 Å². The summed E-state index contributed by atoms with van der Waals surface area (Å²) in [6, 6.07) is 5.96. The third-order valence-electron chi connectivity index (χ3n) is 5.98. The number of rotatable bonds is 5. The highest BCUT2D eigenvalue weighted by Crippen LogP contribution is 2.35. The van der Waals surface area contributed by atoms with Gasteiger partial charge in [0.2, 0.25) is 11.8 Å². The third-order valence-corrected chi connectivity index (χ3v) is 7.16. The number of carbonyl (C=O) groups excluding carboxylic acids is 2. The van der Waals surface area contributed by atoms with Crippen LogP contribution in [0.1, 0.15) is 41.0 Å². The van der Waals surface area contributed by atoms with E-state index in [2.05, 4.69) is 6.58 Å². The minimum atomic E-state index is -0.358. The molecule has 0 saturated carbocycles. The fourth-order valence-electron chi connectivity index (χ4n) is 4.20. The Morgan fingerprint density at radius 1 is 1.34 bits per heavy atom. The lowest BCUT2D eigenvalue weighted by Crippen LogP contribution is -2.37. The zero-order valence-electron chi connectivity index (χ0n) is 17.1. The molecule has 1 aromatic heterocycles. The first-order valence-corrected chi connectivity index (χ1v) is 11.1. The molecule has 1 aromatic carbocycles. The molecule has 29 heavy (non-hydrogen) atoms. The van der Waals surface area contributed by atoms with Crippen LogP contribution in [-0.2, 0) is 22.4 Å². The summed E-state index contributed by atoms with van der Waals surface area (Å²) in [4.78, 5) is 35.7. The molecule has 0 N–H and O–H groups in total. The van der Waals surface area contributed by atoms with Crippen molar-refractivity contribution in [1.82, 2.24) is 4.98 Å². The summed E-state index contributed by atoms with van der Waals surface area (Å²) < 4.78 is 0. The average molecular weight is 410 g/mol. The second-order valence-corrected chi connectivity index (χ2v) is 9.00. The van der Waals surface area contributed by atoms with Crippen LogP contribution in [-0.4, -0.2) is 29.9 Å². The van der Waals surface area contributed by atoms with Gasteiger partial charge in [-0.1, -0.05) is 18.2 Å². The van der Waals surface area contributed by atoms with E-state index < -0.39 is 0 Å². The molecule has 5 nitrogen and oxygen atoms in total. The van der Waals surface area contributed by atoms with Crippen LogP contribution >= 0.6 is 11.3 Å². The standard InChI is InChI=1S/C23H27N3O2S/c1-4-12-25(23-24-18-9-5-6-11-20(18)29-23)22(28)17-13-21(27)26(14-17)19-10-7-8-15(2)16(19)3/h4,7-8,10,17H,1,5-6,9,11-14H2,2-3H3/t17-/m0/s1. The Kier molecular flexibility index (Phi) is 5.54. The number of aryl methyl sites for hydroxylation is 3. The normalized spacial score (nSPS) is 18.6. The number of hydrogen-bond donors (Lipinski definition) is 0. The summed E-state index contributed by atoms with van der Waals surface area (Å²) in [6.07, 6.45) is 6.36. The summed E-state index contributed by atoms with van der Waals surface area (Å²) >= 11 is 1.62. The van der Waals surface area contributed by atoms with Gasteiger partial charge in [0, 0.05) is 30.1 Å². The van der Waals surface area contributed by atoms with Gasteiger partial charge in [0.15, 0.2) is 5.13 Å². The van der Waals surface area contributed by atoms with E-state index in [-0.39, 0.29) is 24.2 Å². The molecule has 152 valence electrons. The van der Waals surface area contributed by atoms with Crippen LogP contribution in [0.25, 0.3) is 0 Å². The fourth-order valence-corrected chi connectivity index (χ4v) is 5.36. The summed E-state index contributed by atoms with van der Waals surface area (Å²) in [5.74, 6) is -0.380. The maximum absolute atomic E-state index is 13.4. The van der Waals surface area contributed by atoms with Gasteiger partial charge in [0.25, 0.3) is 0 Å². The maximum atomic E-state index is 13.4. The molecule has 0 unspecified atom stereocenters. The molecule has 1 aliphatic carbocycles. The van der Waals surface area contributed by atoms with Crippen LogP contribution in [0.3, 0.4) is 0 Å². The minimum Gasteiger partial charge on any atom is -0.311 e. The van der Waals surface area contributed by atoms with Crippen molar-refractivity contribution in [2.75, 3.05) is 22.9 Å². The number of aromatic nitrogens is 1. The Bertz CT molecular complexity index is 942. The van der Waals surface area contributed by atoms with E-state index in [9.17, 15) is 9.59 Å². The Morgan fingerprint density at radius 3 is 2.90 bits per heavy atom. The summed E-state index contributed by atoms with van der Waals surface area (Å²) in [5, 5.41) is 0.749. The molecule has 0 spiro atoms. The van der Waals surface area contributed by atoms with Crippen molar-refractivity contribution in [3.05, 3.63) is 52.6 Å². The lowest BCUT2D eigenvalue weighted by atomic mass is 10.0. The van der Waals surface area contributed by atoms with Gasteiger partial charge in [-0.2, -0.15) is 0 Å². The number of carbonyl (C=O) groups is 2. The van der Waals surface area contributed by atoms with E-state index in [0.29, 0.717) is 13.1 Å². The highest BCUT2D eigenvalue weighted by Gasteiger charge is 2.38. The Hall–Kier alpha value is -2.47. The van der Waals surface area contributed by atoms with Crippen LogP contribution in [0.2, 0.25) is 0 Å². The van der Waals surface area contributed by atoms with Crippen molar-refractivity contribution in [2.24, 2.45) is 5.92 Å². The van der Waals surface area contributed by atoms with E-state index >= 15 is 0 Å². The van der Waals surface area contributed by atoms with Crippen LogP contribution in [0.5, 0.6) is 0 Å². The van der Waals surface area contributed by atoms with E-state index in [1.165, 1.54) is 11.3 Å². The van der Waals surface area contributed by atoms with Crippen molar-refractivity contribution in [3.63, 3.8) is 0 Å². The zero-order valence-corrected chi connectivity index (χ0v) is 17.9. The molecular formula is C23H27N3O2S. The topological polar surface area (TPSA) is 53.5 Å². The predicted octanol–water partition coefficient (Wildman–Crippen LogP) is 4.21. The highest BCUT2D eigenvalue weighted by atomic mass is 32.1. The van der Waals surface area contributed by atoms with Crippen LogP contribution in [0.4, 0.5) is 10.8 Å².